The van der Waals surface area contributed by atoms with Gasteiger partial charge in [-0.2, -0.15) is 0 Å². The van der Waals surface area contributed by atoms with E-state index in [4.69, 9.17) is 0 Å². The van der Waals surface area contributed by atoms with E-state index >= 15 is 0 Å². The first-order valence-electron chi connectivity index (χ1n) is 9.82. The van der Waals surface area contributed by atoms with E-state index < -0.39 is 0 Å². The number of unbranched alkanes of at least 4 members (excludes halogenated alkanes) is 2. The molecule has 3 rings (SSSR count). The zero-order valence-corrected chi connectivity index (χ0v) is 17.2. The number of allylic oxidation sites excluding steroid dienone is 2. The van der Waals surface area contributed by atoms with Gasteiger partial charge in [-0.15, -0.1) is 0 Å². The molecular weight excluding hydrogens is 375 g/mol. The Morgan fingerprint density at radius 1 is 0.741 bits per heavy atom. The van der Waals surface area contributed by atoms with Gasteiger partial charge >= 0.3 is 0 Å². The standard InChI is InChI=1S/C24H28N2.Ni/c1-3-5-9-19-11-7-13-21(17-19)23-15-16-24(26(23)25)22-14-8-12-20(18-22)10-6-4-2;/h7-8,11-18H,3-6,9-10H2,1-2H3;. The van der Waals surface area contributed by atoms with E-state index in [9.17, 15) is 5.53 Å². The fraction of sp³-hybridized carbons (Fsp3) is 0.333. The van der Waals surface area contributed by atoms with Gasteiger partial charge in [0.1, 0.15) is 0 Å². The third-order valence-electron chi connectivity index (χ3n) is 4.94. The molecule has 2 aromatic carbocycles. The molecule has 0 fully saturated rings. The third-order valence-corrected chi connectivity index (χ3v) is 4.94. The van der Waals surface area contributed by atoms with E-state index in [0.29, 0.717) is 0 Å². The van der Waals surface area contributed by atoms with E-state index in [1.807, 2.05) is 12.2 Å². The summed E-state index contributed by atoms with van der Waals surface area (Å²) in [5.74, 6) is 0. The largest absolute Gasteiger partial charge is 0.493 e. The van der Waals surface area contributed by atoms with Crippen molar-refractivity contribution in [3.63, 3.8) is 0 Å². The molecular formula is C24H28N2Ni. The Labute approximate surface area is 173 Å². The van der Waals surface area contributed by atoms with Gasteiger partial charge < -0.3 is 5.53 Å². The Morgan fingerprint density at radius 2 is 1.19 bits per heavy atom. The van der Waals surface area contributed by atoms with Crippen molar-refractivity contribution in [2.75, 3.05) is 0 Å². The van der Waals surface area contributed by atoms with Gasteiger partial charge in [0, 0.05) is 39.8 Å². The van der Waals surface area contributed by atoms with Crippen LogP contribution in [0.4, 0.5) is 0 Å². The van der Waals surface area contributed by atoms with Crippen LogP contribution in [0.1, 0.15) is 61.8 Å². The number of aryl methyl sites for hydroxylation is 2. The van der Waals surface area contributed by atoms with Crippen LogP contribution in [0.15, 0.2) is 60.7 Å². The van der Waals surface area contributed by atoms with Gasteiger partial charge in [0.05, 0.1) is 0 Å². The maximum atomic E-state index is 10.8. The molecule has 0 N–H and O–H groups in total. The minimum atomic E-state index is 0. The molecule has 144 valence electrons. The smallest absolute Gasteiger partial charge is 0.207 e. The van der Waals surface area contributed by atoms with Crippen LogP contribution in [0, 0.1) is 0 Å². The molecule has 3 heteroatoms. The van der Waals surface area contributed by atoms with Gasteiger partial charge in [-0.1, -0.05) is 51.0 Å². The van der Waals surface area contributed by atoms with Crippen molar-refractivity contribution in [1.82, 2.24) is 0 Å². The third kappa shape index (κ3) is 5.26. The van der Waals surface area contributed by atoms with Gasteiger partial charge in [0.15, 0.2) is 0 Å². The van der Waals surface area contributed by atoms with E-state index in [-0.39, 0.29) is 16.5 Å². The molecule has 0 unspecified atom stereocenters. The predicted molar refractivity (Wildman–Crippen MR) is 110 cm³/mol. The van der Waals surface area contributed by atoms with E-state index in [1.54, 1.807) is 0 Å². The van der Waals surface area contributed by atoms with Crippen molar-refractivity contribution in [2.24, 2.45) is 0 Å². The summed E-state index contributed by atoms with van der Waals surface area (Å²) in [5.41, 5.74) is 17.3. The Morgan fingerprint density at radius 3 is 1.59 bits per heavy atom. The topological polar surface area (TPSA) is 25.3 Å². The second-order valence-electron chi connectivity index (χ2n) is 7.02. The first-order chi connectivity index (χ1) is 12.7. The Bertz CT molecular complexity index is 779. The molecule has 0 aliphatic carbocycles. The van der Waals surface area contributed by atoms with Crippen LogP contribution < -0.4 is 0 Å². The molecule has 0 bridgehead atoms. The summed E-state index contributed by atoms with van der Waals surface area (Å²) in [6, 6.07) is 17.0. The SMILES string of the molecule is CCCCc1cccc(C2=CC=C(c3cccc(CCCC)c3)[N+]2=[N-])c1.[Ni]. The quantitative estimate of drug-likeness (QED) is 0.342. The molecule has 0 radical (unpaired) electrons. The number of hydrogen-bond donors (Lipinski definition) is 0. The minimum absolute atomic E-state index is 0. The number of rotatable bonds is 8. The maximum Gasteiger partial charge on any atom is 0.207 e. The molecule has 1 heterocycles. The molecule has 1 aliphatic rings. The summed E-state index contributed by atoms with van der Waals surface area (Å²) in [6.45, 7) is 4.42. The predicted octanol–water partition coefficient (Wildman–Crippen LogP) is 6.80. The van der Waals surface area contributed by atoms with Gasteiger partial charge in [0.25, 0.3) is 0 Å². The number of nitrogens with zero attached hydrogens (tertiary/aromatic N) is 2. The monoisotopic (exact) mass is 402 g/mol. The molecule has 0 spiro atoms. The summed E-state index contributed by atoms with van der Waals surface area (Å²) >= 11 is 0. The average molecular weight is 403 g/mol. The second-order valence-corrected chi connectivity index (χ2v) is 7.02. The Balaban J connectivity index is 0.00000261. The van der Waals surface area contributed by atoms with E-state index in [0.717, 1.165) is 35.4 Å². The van der Waals surface area contributed by atoms with Crippen LogP contribution in [0.5, 0.6) is 0 Å². The molecule has 2 aromatic rings. The summed E-state index contributed by atoms with van der Waals surface area (Å²) in [6.07, 6.45) is 11.0. The summed E-state index contributed by atoms with van der Waals surface area (Å²) in [4.78, 5) is 0. The minimum Gasteiger partial charge on any atom is -0.493 e. The molecule has 1 aliphatic heterocycles. The van der Waals surface area contributed by atoms with Crippen molar-refractivity contribution in [3.05, 3.63) is 88.5 Å². The number of hydrogen-bond acceptors (Lipinski definition) is 0. The normalized spacial score (nSPS) is 13.2. The molecule has 2 nitrogen and oxygen atoms in total. The van der Waals surface area contributed by atoms with Gasteiger partial charge in [0.2, 0.25) is 11.4 Å². The summed E-state index contributed by atoms with van der Waals surface area (Å²) < 4.78 is 1.33. The van der Waals surface area contributed by atoms with Crippen LogP contribution in [-0.4, -0.2) is 4.70 Å². The van der Waals surface area contributed by atoms with Crippen molar-refractivity contribution >= 4 is 11.4 Å². The molecule has 0 aromatic heterocycles. The van der Waals surface area contributed by atoms with Gasteiger partial charge in [-0.05, 0) is 61.1 Å². The second kappa shape index (κ2) is 10.4. The first kappa shape index (κ1) is 21.3. The molecule has 0 amide bonds. The zero-order chi connectivity index (χ0) is 18.4. The van der Waals surface area contributed by atoms with Crippen LogP contribution in [0.25, 0.3) is 16.9 Å². The van der Waals surface area contributed by atoms with Crippen LogP contribution in [0.2, 0.25) is 0 Å². The average Bonchev–Trinajstić information content (AvgIpc) is 3.06. The van der Waals surface area contributed by atoms with E-state index in [1.165, 1.54) is 41.5 Å². The first-order valence-corrected chi connectivity index (χ1v) is 9.82. The van der Waals surface area contributed by atoms with Gasteiger partial charge in [-0.3, -0.25) is 0 Å². The summed E-state index contributed by atoms with van der Waals surface area (Å²) in [7, 11) is 0. The van der Waals surface area contributed by atoms with Crippen LogP contribution in [-0.2, 0) is 29.3 Å². The maximum absolute atomic E-state index is 10.8. The Hall–Kier alpha value is -1.99. The van der Waals surface area contributed by atoms with Crippen molar-refractivity contribution < 1.29 is 21.2 Å². The molecule has 0 saturated heterocycles. The fourth-order valence-electron chi connectivity index (χ4n) is 3.40. The molecule has 27 heavy (non-hydrogen) atoms. The van der Waals surface area contributed by atoms with Gasteiger partial charge in [-0.25, -0.2) is 4.70 Å². The molecule has 0 saturated carbocycles. The summed E-state index contributed by atoms with van der Waals surface area (Å²) in [5, 5.41) is 0. The van der Waals surface area contributed by atoms with E-state index in [2.05, 4.69) is 62.4 Å². The zero-order valence-electron chi connectivity index (χ0n) is 16.2. The fourth-order valence-corrected chi connectivity index (χ4v) is 3.40. The van der Waals surface area contributed by atoms with Crippen molar-refractivity contribution in [2.45, 2.75) is 52.4 Å². The van der Waals surface area contributed by atoms with Crippen molar-refractivity contribution in [3.8, 4) is 0 Å². The Kier molecular flexibility index (Phi) is 8.19. The van der Waals surface area contributed by atoms with Crippen LogP contribution >= 0.6 is 0 Å². The van der Waals surface area contributed by atoms with Crippen LogP contribution in [0.3, 0.4) is 0 Å². The number of benzene rings is 2. The molecule has 0 atom stereocenters. The van der Waals surface area contributed by atoms with Crippen molar-refractivity contribution in [1.29, 1.82) is 0 Å².